The summed E-state index contributed by atoms with van der Waals surface area (Å²) in [7, 11) is 0. The van der Waals surface area contributed by atoms with Crippen LogP contribution in [-0.2, 0) is 0 Å². The first-order chi connectivity index (χ1) is 9.74. The minimum atomic E-state index is -0.576. The molecular formula is C14H16FN5. The van der Waals surface area contributed by atoms with Crippen LogP contribution in [0.3, 0.4) is 0 Å². The molecule has 0 bridgehead atoms. The van der Waals surface area contributed by atoms with Crippen molar-refractivity contribution in [2.75, 3.05) is 37.2 Å². The van der Waals surface area contributed by atoms with Gasteiger partial charge < -0.3 is 11.1 Å². The number of hydrogen-bond donors (Lipinski definition) is 2. The van der Waals surface area contributed by atoms with Crippen molar-refractivity contribution >= 4 is 11.8 Å². The number of nitrogens with zero attached hydrogens (tertiary/aromatic N) is 3. The summed E-state index contributed by atoms with van der Waals surface area (Å²) >= 11 is 0. The Hall–Kier alpha value is -2.21. The molecule has 0 aliphatic carbocycles. The Bertz CT molecular complexity index is 598. The van der Waals surface area contributed by atoms with E-state index in [1.807, 2.05) is 18.2 Å². The summed E-state index contributed by atoms with van der Waals surface area (Å²) in [6.07, 6.45) is 0. The van der Waals surface area contributed by atoms with E-state index in [1.54, 1.807) is 12.1 Å². The van der Waals surface area contributed by atoms with Crippen LogP contribution in [0.5, 0.6) is 0 Å². The number of rotatable bonds is 5. The van der Waals surface area contributed by atoms with Gasteiger partial charge >= 0.3 is 0 Å². The van der Waals surface area contributed by atoms with Crippen molar-refractivity contribution in [3.63, 3.8) is 0 Å². The van der Waals surface area contributed by atoms with Crippen molar-refractivity contribution in [1.82, 2.24) is 14.9 Å². The van der Waals surface area contributed by atoms with E-state index in [2.05, 4.69) is 20.2 Å². The van der Waals surface area contributed by atoms with Crippen molar-refractivity contribution in [2.45, 2.75) is 0 Å². The summed E-state index contributed by atoms with van der Waals surface area (Å²) in [5, 5.41) is 3.08. The average Bonchev–Trinajstić information content (AvgIpc) is 3.28. The van der Waals surface area contributed by atoms with Gasteiger partial charge in [0.25, 0.3) is 0 Å². The van der Waals surface area contributed by atoms with Crippen LogP contribution in [0, 0.1) is 5.82 Å². The topological polar surface area (TPSA) is 66.8 Å². The molecule has 1 aliphatic rings. The first-order valence-corrected chi connectivity index (χ1v) is 6.59. The maximum atomic E-state index is 14.0. The largest absolute Gasteiger partial charge is 0.381 e. The van der Waals surface area contributed by atoms with Gasteiger partial charge in [-0.25, -0.2) is 9.37 Å². The van der Waals surface area contributed by atoms with Crippen LogP contribution in [0.25, 0.3) is 11.3 Å². The minimum Gasteiger partial charge on any atom is -0.381 e. The van der Waals surface area contributed by atoms with Gasteiger partial charge in [-0.15, -0.1) is 0 Å². The van der Waals surface area contributed by atoms with Crippen LogP contribution < -0.4 is 11.1 Å². The van der Waals surface area contributed by atoms with E-state index in [0.29, 0.717) is 11.5 Å². The van der Waals surface area contributed by atoms with Gasteiger partial charge in [-0.1, -0.05) is 30.3 Å². The molecule has 3 rings (SSSR count). The number of anilines is 2. The molecule has 1 aromatic heterocycles. The predicted octanol–water partition coefficient (Wildman–Crippen LogP) is 1.59. The Balaban J connectivity index is 1.83. The van der Waals surface area contributed by atoms with Crippen molar-refractivity contribution in [3.8, 4) is 11.3 Å². The molecule has 1 aromatic carbocycles. The van der Waals surface area contributed by atoms with Crippen LogP contribution in [0.4, 0.5) is 16.2 Å². The maximum absolute atomic E-state index is 14.0. The Labute approximate surface area is 116 Å². The molecule has 0 atom stereocenters. The summed E-state index contributed by atoms with van der Waals surface area (Å²) < 4.78 is 14.0. The van der Waals surface area contributed by atoms with Gasteiger partial charge in [-0.2, -0.15) is 4.98 Å². The summed E-state index contributed by atoms with van der Waals surface area (Å²) in [6.45, 7) is 3.94. The zero-order valence-electron chi connectivity index (χ0n) is 11.0. The third-order valence-corrected chi connectivity index (χ3v) is 3.18. The first-order valence-electron chi connectivity index (χ1n) is 6.59. The quantitative estimate of drug-likeness (QED) is 0.810. The fraction of sp³-hybridized carbons (Fsp3) is 0.286. The van der Waals surface area contributed by atoms with Gasteiger partial charge in [0, 0.05) is 31.7 Å². The summed E-state index contributed by atoms with van der Waals surface area (Å²) in [6, 6.07) is 9.13. The molecule has 0 saturated carbocycles. The number of nitrogens with one attached hydrogen (secondary N) is 1. The Kier molecular flexibility index (Phi) is 3.47. The highest BCUT2D eigenvalue weighted by Crippen LogP contribution is 2.24. The molecular weight excluding hydrogens is 257 g/mol. The lowest BCUT2D eigenvalue weighted by Gasteiger charge is -2.09. The fourth-order valence-corrected chi connectivity index (χ4v) is 1.95. The van der Waals surface area contributed by atoms with Gasteiger partial charge in [0.2, 0.25) is 5.95 Å². The van der Waals surface area contributed by atoms with Gasteiger partial charge in [0.1, 0.15) is 5.69 Å². The lowest BCUT2D eigenvalue weighted by molar-refractivity contribution is 0.577. The molecule has 1 fully saturated rings. The van der Waals surface area contributed by atoms with E-state index in [-0.39, 0.29) is 11.5 Å². The highest BCUT2D eigenvalue weighted by Gasteiger charge is 2.17. The van der Waals surface area contributed by atoms with Crippen LogP contribution >= 0.6 is 0 Å². The molecule has 0 amide bonds. The fourth-order valence-electron chi connectivity index (χ4n) is 1.95. The van der Waals surface area contributed by atoms with Gasteiger partial charge in [-0.05, 0) is 0 Å². The summed E-state index contributed by atoms with van der Waals surface area (Å²) in [4.78, 5) is 10.4. The Morgan fingerprint density at radius 1 is 1.20 bits per heavy atom. The third kappa shape index (κ3) is 2.85. The Morgan fingerprint density at radius 2 is 1.95 bits per heavy atom. The molecule has 3 N–H and O–H groups in total. The van der Waals surface area contributed by atoms with Crippen LogP contribution in [-0.4, -0.2) is 41.0 Å². The van der Waals surface area contributed by atoms with E-state index in [1.165, 1.54) is 0 Å². The first kappa shape index (κ1) is 12.8. The predicted molar refractivity (Wildman–Crippen MR) is 76.8 cm³/mol. The molecule has 20 heavy (non-hydrogen) atoms. The molecule has 1 aliphatic heterocycles. The maximum Gasteiger partial charge on any atom is 0.225 e. The normalized spacial score (nSPS) is 14.2. The van der Waals surface area contributed by atoms with Gasteiger partial charge in [-0.3, -0.25) is 4.90 Å². The van der Waals surface area contributed by atoms with E-state index in [0.717, 1.165) is 26.2 Å². The van der Waals surface area contributed by atoms with Gasteiger partial charge in [0.05, 0.1) is 0 Å². The third-order valence-electron chi connectivity index (χ3n) is 3.18. The molecule has 2 heterocycles. The highest BCUT2D eigenvalue weighted by molar-refractivity contribution is 5.64. The second kappa shape index (κ2) is 5.42. The molecule has 1 saturated heterocycles. The second-order valence-corrected chi connectivity index (χ2v) is 4.73. The van der Waals surface area contributed by atoms with Crippen molar-refractivity contribution in [2.24, 2.45) is 0 Å². The molecule has 104 valence electrons. The molecule has 0 unspecified atom stereocenters. The minimum absolute atomic E-state index is 0.131. The van der Waals surface area contributed by atoms with Crippen molar-refractivity contribution in [3.05, 3.63) is 36.1 Å². The zero-order valence-corrected chi connectivity index (χ0v) is 11.0. The van der Waals surface area contributed by atoms with E-state index < -0.39 is 5.82 Å². The molecule has 0 radical (unpaired) electrons. The standard InChI is InChI=1S/C14H16FN5/c15-11-12(10-4-2-1-3-5-10)18-14(19-13(11)16)17-6-7-20-8-9-20/h1-5H,6-9H2,(H3,16,17,18,19). The average molecular weight is 273 g/mol. The molecule has 6 heteroatoms. The number of hydrogen-bond acceptors (Lipinski definition) is 5. The zero-order chi connectivity index (χ0) is 13.9. The van der Waals surface area contributed by atoms with E-state index in [4.69, 9.17) is 5.73 Å². The monoisotopic (exact) mass is 273 g/mol. The summed E-state index contributed by atoms with van der Waals surface area (Å²) in [5.41, 5.74) is 6.54. The number of aromatic nitrogens is 2. The van der Waals surface area contributed by atoms with E-state index >= 15 is 0 Å². The molecule has 2 aromatic rings. The van der Waals surface area contributed by atoms with E-state index in [9.17, 15) is 4.39 Å². The SMILES string of the molecule is Nc1nc(NCCN2CC2)nc(-c2ccccc2)c1F. The second-order valence-electron chi connectivity index (χ2n) is 4.73. The summed E-state index contributed by atoms with van der Waals surface area (Å²) in [5.74, 6) is -0.342. The molecule has 5 nitrogen and oxygen atoms in total. The van der Waals surface area contributed by atoms with Gasteiger partial charge in [0.15, 0.2) is 11.6 Å². The number of nitrogen functional groups attached to an aromatic ring is 1. The smallest absolute Gasteiger partial charge is 0.225 e. The highest BCUT2D eigenvalue weighted by atomic mass is 19.1. The lowest BCUT2D eigenvalue weighted by Crippen LogP contribution is -2.15. The van der Waals surface area contributed by atoms with Crippen LogP contribution in [0.15, 0.2) is 30.3 Å². The van der Waals surface area contributed by atoms with Crippen molar-refractivity contribution < 1.29 is 4.39 Å². The number of nitrogens with two attached hydrogens (primary N) is 1. The van der Waals surface area contributed by atoms with Crippen LogP contribution in [0.1, 0.15) is 0 Å². The Morgan fingerprint density at radius 3 is 2.65 bits per heavy atom. The number of benzene rings is 1. The lowest BCUT2D eigenvalue weighted by atomic mass is 10.1. The van der Waals surface area contributed by atoms with Crippen LogP contribution in [0.2, 0.25) is 0 Å². The molecule has 0 spiro atoms. The van der Waals surface area contributed by atoms with Crippen molar-refractivity contribution in [1.29, 1.82) is 0 Å². The number of halogens is 1.